The van der Waals surface area contributed by atoms with Crippen LogP contribution in [0.25, 0.3) is 0 Å². The van der Waals surface area contributed by atoms with Crippen molar-refractivity contribution in [3.63, 3.8) is 0 Å². The zero-order valence-corrected chi connectivity index (χ0v) is 13.4. The second-order valence-corrected chi connectivity index (χ2v) is 6.26. The quantitative estimate of drug-likeness (QED) is 0.691. The first-order valence-electron chi connectivity index (χ1n) is 7.35. The van der Waals surface area contributed by atoms with Gasteiger partial charge < -0.3 is 15.4 Å². The lowest BCUT2D eigenvalue weighted by Crippen LogP contribution is -2.48. The Bertz CT molecular complexity index is 320. The van der Waals surface area contributed by atoms with Gasteiger partial charge in [0.1, 0.15) is 6.04 Å². The number of carbonyl (C=O) groups is 2. The molecule has 1 rings (SSSR count). The van der Waals surface area contributed by atoms with Gasteiger partial charge in [-0.05, 0) is 12.8 Å². The number of thioether (sulfide) groups is 1. The van der Waals surface area contributed by atoms with Crippen LogP contribution in [-0.2, 0) is 14.3 Å². The fraction of sp³-hybridized carbons (Fsp3) is 0.857. The molecule has 116 valence electrons. The summed E-state index contributed by atoms with van der Waals surface area (Å²) in [4.78, 5) is 24.0. The molecule has 20 heavy (non-hydrogen) atoms. The molecule has 0 radical (unpaired) electrons. The van der Waals surface area contributed by atoms with Crippen LogP contribution >= 0.6 is 11.8 Å². The zero-order valence-electron chi connectivity index (χ0n) is 12.6. The van der Waals surface area contributed by atoms with Crippen molar-refractivity contribution >= 4 is 23.6 Å². The minimum atomic E-state index is -0.538. The van der Waals surface area contributed by atoms with Crippen molar-refractivity contribution in [2.45, 2.75) is 45.7 Å². The number of esters is 1. The summed E-state index contributed by atoms with van der Waals surface area (Å²) in [6.07, 6.45) is 1.24. The van der Waals surface area contributed by atoms with E-state index >= 15 is 0 Å². The van der Waals surface area contributed by atoms with E-state index in [1.165, 1.54) is 0 Å². The highest BCUT2D eigenvalue weighted by Gasteiger charge is 2.28. The molecule has 1 aliphatic rings. The van der Waals surface area contributed by atoms with E-state index in [0.29, 0.717) is 13.0 Å². The molecular formula is C14H26N2O3S. The van der Waals surface area contributed by atoms with E-state index in [1.807, 2.05) is 25.6 Å². The molecule has 0 bridgehead atoms. The molecule has 0 spiro atoms. The molecule has 1 amide bonds. The van der Waals surface area contributed by atoms with Crippen LogP contribution in [0, 0.1) is 5.92 Å². The summed E-state index contributed by atoms with van der Waals surface area (Å²) in [6, 6.07) is -0.336. The van der Waals surface area contributed by atoms with Gasteiger partial charge in [0.15, 0.2) is 0 Å². The highest BCUT2D eigenvalue weighted by molar-refractivity contribution is 7.99. The predicted octanol–water partition coefficient (Wildman–Crippen LogP) is 1.18. The van der Waals surface area contributed by atoms with Crippen molar-refractivity contribution in [3.8, 4) is 0 Å². The van der Waals surface area contributed by atoms with Crippen LogP contribution in [0.1, 0.15) is 33.6 Å². The van der Waals surface area contributed by atoms with E-state index in [4.69, 9.17) is 4.74 Å². The Labute approximate surface area is 125 Å². The van der Waals surface area contributed by atoms with E-state index in [-0.39, 0.29) is 23.8 Å². The first kappa shape index (κ1) is 17.3. The molecule has 0 saturated carbocycles. The van der Waals surface area contributed by atoms with Gasteiger partial charge in [0.25, 0.3) is 0 Å². The lowest BCUT2D eigenvalue weighted by Gasteiger charge is -2.25. The molecule has 2 N–H and O–H groups in total. The third-order valence-electron chi connectivity index (χ3n) is 3.50. The van der Waals surface area contributed by atoms with Crippen LogP contribution in [0.15, 0.2) is 0 Å². The minimum Gasteiger partial charge on any atom is -0.464 e. The second kappa shape index (κ2) is 9.23. The van der Waals surface area contributed by atoms with E-state index in [0.717, 1.165) is 24.5 Å². The Morgan fingerprint density at radius 1 is 1.45 bits per heavy atom. The van der Waals surface area contributed by atoms with Crippen LogP contribution in [-0.4, -0.2) is 48.6 Å². The number of carbonyl (C=O) groups excluding carboxylic acids is 2. The van der Waals surface area contributed by atoms with Gasteiger partial charge in [-0.2, -0.15) is 11.8 Å². The van der Waals surface area contributed by atoms with Crippen molar-refractivity contribution in [3.05, 3.63) is 0 Å². The molecule has 3 atom stereocenters. The highest BCUT2D eigenvalue weighted by Crippen LogP contribution is 2.12. The molecule has 1 saturated heterocycles. The van der Waals surface area contributed by atoms with E-state index in [2.05, 4.69) is 10.6 Å². The number of hydrogen-bond donors (Lipinski definition) is 2. The number of amides is 1. The zero-order chi connectivity index (χ0) is 15.0. The van der Waals surface area contributed by atoms with Crippen molar-refractivity contribution in [2.24, 2.45) is 5.92 Å². The van der Waals surface area contributed by atoms with Crippen molar-refractivity contribution in [1.29, 1.82) is 0 Å². The summed E-state index contributed by atoms with van der Waals surface area (Å²) in [7, 11) is 0. The molecule has 1 aliphatic heterocycles. The summed E-state index contributed by atoms with van der Waals surface area (Å²) in [5.74, 6) is 1.70. The SMILES string of the molecule is CCOC(=O)C(NC(=O)CC1CSCCN1)C(C)CC. The maximum Gasteiger partial charge on any atom is 0.328 e. The average molecular weight is 302 g/mol. The monoisotopic (exact) mass is 302 g/mol. The molecular weight excluding hydrogens is 276 g/mol. The molecule has 1 fully saturated rings. The second-order valence-electron chi connectivity index (χ2n) is 5.11. The molecule has 3 unspecified atom stereocenters. The summed E-state index contributed by atoms with van der Waals surface area (Å²) in [5.41, 5.74) is 0. The van der Waals surface area contributed by atoms with Gasteiger partial charge in [0.2, 0.25) is 5.91 Å². The molecule has 0 aromatic carbocycles. The number of hydrogen-bond acceptors (Lipinski definition) is 5. The Morgan fingerprint density at radius 2 is 2.20 bits per heavy atom. The standard InChI is InChI=1S/C14H26N2O3S/c1-4-10(3)13(14(18)19-5-2)16-12(17)8-11-9-20-7-6-15-11/h10-11,13,15H,4-9H2,1-3H3,(H,16,17). The van der Waals surface area contributed by atoms with Gasteiger partial charge in [-0.3, -0.25) is 4.79 Å². The largest absolute Gasteiger partial charge is 0.464 e. The van der Waals surface area contributed by atoms with Crippen molar-refractivity contribution in [2.75, 3.05) is 24.7 Å². The molecule has 5 nitrogen and oxygen atoms in total. The Hall–Kier alpha value is -0.750. The Balaban J connectivity index is 2.50. The van der Waals surface area contributed by atoms with E-state index < -0.39 is 6.04 Å². The predicted molar refractivity (Wildman–Crippen MR) is 81.8 cm³/mol. The van der Waals surface area contributed by atoms with Gasteiger partial charge in [0.05, 0.1) is 6.61 Å². The normalized spacial score (nSPS) is 21.9. The topological polar surface area (TPSA) is 67.4 Å². The van der Waals surface area contributed by atoms with E-state index in [1.54, 1.807) is 6.92 Å². The van der Waals surface area contributed by atoms with Gasteiger partial charge in [-0.25, -0.2) is 4.79 Å². The fourth-order valence-corrected chi connectivity index (χ4v) is 3.06. The molecule has 0 aliphatic carbocycles. The first-order chi connectivity index (χ1) is 9.58. The van der Waals surface area contributed by atoms with Crippen LogP contribution in [0.3, 0.4) is 0 Å². The molecule has 0 aromatic heterocycles. The van der Waals surface area contributed by atoms with Crippen LogP contribution in [0.2, 0.25) is 0 Å². The van der Waals surface area contributed by atoms with E-state index in [9.17, 15) is 9.59 Å². The maximum atomic E-state index is 12.1. The van der Waals surface area contributed by atoms with Crippen LogP contribution < -0.4 is 10.6 Å². The summed E-state index contributed by atoms with van der Waals surface area (Å²) in [6.45, 7) is 7.01. The summed E-state index contributed by atoms with van der Waals surface area (Å²) >= 11 is 1.85. The first-order valence-corrected chi connectivity index (χ1v) is 8.51. The van der Waals surface area contributed by atoms with Gasteiger partial charge in [-0.15, -0.1) is 0 Å². The Kier molecular flexibility index (Phi) is 7.99. The lowest BCUT2D eigenvalue weighted by molar-refractivity contribution is -0.149. The Morgan fingerprint density at radius 3 is 2.75 bits per heavy atom. The number of ether oxygens (including phenoxy) is 1. The molecule has 1 heterocycles. The van der Waals surface area contributed by atoms with Gasteiger partial charge >= 0.3 is 5.97 Å². The average Bonchev–Trinajstić information content (AvgIpc) is 2.45. The van der Waals surface area contributed by atoms with Crippen LogP contribution in [0.5, 0.6) is 0 Å². The third-order valence-corrected chi connectivity index (χ3v) is 4.63. The number of nitrogens with one attached hydrogen (secondary N) is 2. The molecule has 0 aromatic rings. The summed E-state index contributed by atoms with van der Waals surface area (Å²) < 4.78 is 5.04. The fourth-order valence-electron chi connectivity index (χ4n) is 2.11. The smallest absolute Gasteiger partial charge is 0.328 e. The third kappa shape index (κ3) is 5.71. The number of rotatable bonds is 7. The minimum absolute atomic E-state index is 0.0756. The van der Waals surface area contributed by atoms with Crippen LogP contribution in [0.4, 0.5) is 0 Å². The van der Waals surface area contributed by atoms with Gasteiger partial charge in [0, 0.05) is 30.5 Å². The van der Waals surface area contributed by atoms with Crippen molar-refractivity contribution < 1.29 is 14.3 Å². The summed E-state index contributed by atoms with van der Waals surface area (Å²) in [5, 5.41) is 6.16. The van der Waals surface area contributed by atoms with Gasteiger partial charge in [-0.1, -0.05) is 20.3 Å². The maximum absolute atomic E-state index is 12.1. The van der Waals surface area contributed by atoms with Crippen molar-refractivity contribution in [1.82, 2.24) is 10.6 Å². The molecule has 6 heteroatoms. The highest BCUT2D eigenvalue weighted by atomic mass is 32.2. The lowest BCUT2D eigenvalue weighted by atomic mass is 9.99.